The van der Waals surface area contributed by atoms with E-state index in [0.717, 1.165) is 24.3 Å². The lowest BCUT2D eigenvalue weighted by Crippen LogP contribution is -2.48. The van der Waals surface area contributed by atoms with Gasteiger partial charge in [-0.15, -0.1) is 0 Å². The number of amides is 5. The van der Waals surface area contributed by atoms with Gasteiger partial charge in [0.1, 0.15) is 17.6 Å². The molecular weight excluding hydrogens is 619 g/mol. The SMILES string of the molecule is COc1ccc(NC(=O)N(C)C[C@@H]2Oc3ccc(NC(=O)Nc4ccc(C(F)(F)F)cc4)cc3CC(=O)N([C@@H](C)CO)C[C@H]2C)cc1. The third kappa shape index (κ3) is 9.28. The van der Waals surface area contributed by atoms with Gasteiger partial charge in [-0.1, -0.05) is 6.92 Å². The molecule has 5 amide bonds. The van der Waals surface area contributed by atoms with Crippen LogP contribution in [0, 0.1) is 5.92 Å². The van der Waals surface area contributed by atoms with Gasteiger partial charge in [-0.25, -0.2) is 9.59 Å². The highest BCUT2D eigenvalue weighted by Crippen LogP contribution is 2.31. The molecule has 1 aliphatic rings. The van der Waals surface area contributed by atoms with E-state index in [0.29, 0.717) is 28.4 Å². The van der Waals surface area contributed by atoms with Crippen LogP contribution >= 0.6 is 0 Å². The molecule has 3 aromatic carbocycles. The highest BCUT2D eigenvalue weighted by Gasteiger charge is 2.32. The topological polar surface area (TPSA) is 132 Å². The van der Waals surface area contributed by atoms with Crippen LogP contribution in [0.5, 0.6) is 11.5 Å². The van der Waals surface area contributed by atoms with Gasteiger partial charge in [0.2, 0.25) is 5.91 Å². The highest BCUT2D eigenvalue weighted by molar-refractivity contribution is 6.00. The molecule has 11 nitrogen and oxygen atoms in total. The van der Waals surface area contributed by atoms with E-state index in [1.54, 1.807) is 68.4 Å². The van der Waals surface area contributed by atoms with Crippen molar-refractivity contribution in [2.75, 3.05) is 49.8 Å². The van der Waals surface area contributed by atoms with Gasteiger partial charge in [-0.05, 0) is 73.7 Å². The summed E-state index contributed by atoms with van der Waals surface area (Å²) in [5.41, 5.74) is 0.662. The Kier molecular flexibility index (Phi) is 11.2. The van der Waals surface area contributed by atoms with Gasteiger partial charge in [0.15, 0.2) is 0 Å². The van der Waals surface area contributed by atoms with Crippen LogP contribution in [-0.4, -0.2) is 78.9 Å². The summed E-state index contributed by atoms with van der Waals surface area (Å²) < 4.78 is 50.2. The Balaban J connectivity index is 1.52. The normalized spacial score (nSPS) is 17.2. The first kappa shape index (κ1) is 34.9. The quantitative estimate of drug-likeness (QED) is 0.247. The number of carbonyl (C=O) groups excluding carboxylic acids is 3. The molecule has 0 saturated heterocycles. The summed E-state index contributed by atoms with van der Waals surface area (Å²) in [6, 6.07) is 14.1. The molecule has 0 fully saturated rings. The van der Waals surface area contributed by atoms with Crippen molar-refractivity contribution in [1.82, 2.24) is 9.80 Å². The van der Waals surface area contributed by atoms with Gasteiger partial charge in [-0.2, -0.15) is 13.2 Å². The zero-order chi connectivity index (χ0) is 34.3. The number of urea groups is 2. The Morgan fingerprint density at radius 3 is 2.23 bits per heavy atom. The Hall–Kier alpha value is -4.98. The fourth-order valence-corrected chi connectivity index (χ4v) is 5.01. The van der Waals surface area contributed by atoms with Crippen molar-refractivity contribution in [2.24, 2.45) is 5.92 Å². The number of benzene rings is 3. The molecule has 0 bridgehead atoms. The zero-order valence-electron chi connectivity index (χ0n) is 26.4. The first-order chi connectivity index (χ1) is 22.3. The van der Waals surface area contributed by atoms with Crippen LogP contribution in [0.25, 0.3) is 0 Å². The van der Waals surface area contributed by atoms with Crippen molar-refractivity contribution in [3.8, 4) is 11.5 Å². The van der Waals surface area contributed by atoms with E-state index in [2.05, 4.69) is 16.0 Å². The highest BCUT2D eigenvalue weighted by atomic mass is 19.4. The first-order valence-corrected chi connectivity index (χ1v) is 14.9. The average Bonchev–Trinajstić information content (AvgIpc) is 3.08. The molecule has 0 aromatic heterocycles. The second-order valence-corrected chi connectivity index (χ2v) is 11.4. The second-order valence-electron chi connectivity index (χ2n) is 11.4. The maximum absolute atomic E-state index is 13.5. The number of aliphatic hydroxyl groups is 1. The summed E-state index contributed by atoms with van der Waals surface area (Å²) in [6.45, 7) is 3.79. The number of methoxy groups -OCH3 is 1. The molecule has 4 N–H and O–H groups in total. The Morgan fingerprint density at radius 2 is 1.62 bits per heavy atom. The number of alkyl halides is 3. The largest absolute Gasteiger partial charge is 0.497 e. The summed E-state index contributed by atoms with van der Waals surface area (Å²) in [5, 5.41) is 17.8. The number of halogens is 3. The van der Waals surface area contributed by atoms with Crippen LogP contribution in [0.2, 0.25) is 0 Å². The number of nitrogens with zero attached hydrogens (tertiary/aromatic N) is 2. The number of nitrogens with one attached hydrogen (secondary N) is 3. The molecule has 1 aliphatic heterocycles. The summed E-state index contributed by atoms with van der Waals surface area (Å²) in [4.78, 5) is 42.3. The van der Waals surface area contributed by atoms with E-state index >= 15 is 0 Å². The molecule has 252 valence electrons. The first-order valence-electron chi connectivity index (χ1n) is 14.9. The molecule has 3 aromatic rings. The molecule has 47 heavy (non-hydrogen) atoms. The number of fused-ring (bicyclic) bond motifs is 1. The molecule has 3 atom stereocenters. The number of hydrogen-bond donors (Lipinski definition) is 4. The summed E-state index contributed by atoms with van der Waals surface area (Å²) in [5.74, 6) is 0.506. The van der Waals surface area contributed by atoms with Crippen LogP contribution in [-0.2, 0) is 17.4 Å². The van der Waals surface area contributed by atoms with Crippen LogP contribution in [0.4, 0.5) is 39.8 Å². The van der Waals surface area contributed by atoms with Crippen molar-refractivity contribution in [3.63, 3.8) is 0 Å². The average molecular weight is 658 g/mol. The maximum Gasteiger partial charge on any atom is 0.416 e. The van der Waals surface area contributed by atoms with Gasteiger partial charge in [0, 0.05) is 42.1 Å². The molecule has 0 aliphatic carbocycles. The predicted molar refractivity (Wildman–Crippen MR) is 171 cm³/mol. The number of carbonyl (C=O) groups is 3. The van der Waals surface area contributed by atoms with Crippen LogP contribution < -0.4 is 25.4 Å². The number of rotatable bonds is 8. The minimum atomic E-state index is -4.50. The molecular formula is C33H38F3N5O6. The van der Waals surface area contributed by atoms with Crippen molar-refractivity contribution in [3.05, 3.63) is 77.9 Å². The van der Waals surface area contributed by atoms with Crippen LogP contribution in [0.15, 0.2) is 66.7 Å². The number of hydrogen-bond acceptors (Lipinski definition) is 6. The molecule has 4 rings (SSSR count). The standard InChI is InChI=1S/C33H38F3N5O6/c1-20-17-41(21(2)19-42)30(43)16-22-15-26(38-31(44)37-24-7-5-23(6-8-24)33(34,35)36)11-14-28(22)47-29(20)18-40(3)32(45)39-25-9-12-27(46-4)13-10-25/h5-15,20-21,29,42H,16-19H2,1-4H3,(H,39,45)(H2,37,38,44)/t20-,21+,29+/m1/s1. The number of anilines is 3. The summed E-state index contributed by atoms with van der Waals surface area (Å²) in [7, 11) is 3.18. The van der Waals surface area contributed by atoms with Crippen molar-refractivity contribution in [2.45, 2.75) is 38.6 Å². The van der Waals surface area contributed by atoms with E-state index in [1.807, 2.05) is 6.92 Å². The smallest absolute Gasteiger partial charge is 0.416 e. The second kappa shape index (κ2) is 15.1. The van der Waals surface area contributed by atoms with Gasteiger partial charge in [0.05, 0.1) is 38.3 Å². The fraction of sp³-hybridized carbons (Fsp3) is 0.364. The van der Waals surface area contributed by atoms with Gasteiger partial charge in [-0.3, -0.25) is 4.79 Å². The van der Waals surface area contributed by atoms with E-state index in [9.17, 15) is 32.7 Å². The van der Waals surface area contributed by atoms with E-state index in [-0.39, 0.29) is 49.7 Å². The predicted octanol–water partition coefficient (Wildman–Crippen LogP) is 5.67. The Bertz CT molecular complexity index is 1550. The fourth-order valence-electron chi connectivity index (χ4n) is 5.01. The van der Waals surface area contributed by atoms with E-state index in [4.69, 9.17) is 9.47 Å². The minimum Gasteiger partial charge on any atom is -0.497 e. The Labute approximate surface area is 270 Å². The van der Waals surface area contributed by atoms with Gasteiger partial charge in [0.25, 0.3) is 0 Å². The van der Waals surface area contributed by atoms with Gasteiger partial charge >= 0.3 is 18.2 Å². The van der Waals surface area contributed by atoms with Crippen LogP contribution in [0.3, 0.4) is 0 Å². The zero-order valence-corrected chi connectivity index (χ0v) is 26.4. The van der Waals surface area contributed by atoms with E-state index < -0.39 is 29.9 Å². The lowest BCUT2D eigenvalue weighted by Gasteiger charge is -2.34. The molecule has 0 saturated carbocycles. The van der Waals surface area contributed by atoms with Gasteiger partial charge < -0.3 is 40.3 Å². The third-order valence-corrected chi connectivity index (χ3v) is 7.79. The molecule has 14 heteroatoms. The summed E-state index contributed by atoms with van der Waals surface area (Å²) in [6.07, 6.45) is -5.16. The maximum atomic E-state index is 13.5. The molecule has 0 unspecified atom stereocenters. The summed E-state index contributed by atoms with van der Waals surface area (Å²) >= 11 is 0. The van der Waals surface area contributed by atoms with Crippen molar-refractivity contribution >= 4 is 35.0 Å². The molecule has 0 radical (unpaired) electrons. The lowest BCUT2D eigenvalue weighted by molar-refractivity contribution is -0.137. The van der Waals surface area contributed by atoms with Crippen molar-refractivity contribution in [1.29, 1.82) is 0 Å². The van der Waals surface area contributed by atoms with E-state index in [1.165, 1.54) is 4.90 Å². The number of aliphatic hydroxyl groups excluding tert-OH is 1. The van der Waals surface area contributed by atoms with Crippen molar-refractivity contribution < 1.29 is 42.1 Å². The lowest BCUT2D eigenvalue weighted by atomic mass is 10.0. The monoisotopic (exact) mass is 657 g/mol. The number of ether oxygens (including phenoxy) is 2. The third-order valence-electron chi connectivity index (χ3n) is 7.79. The Morgan fingerprint density at radius 1 is 1.02 bits per heavy atom. The van der Waals surface area contributed by atoms with Crippen LogP contribution in [0.1, 0.15) is 25.0 Å². The molecule has 0 spiro atoms. The minimum absolute atomic E-state index is 0.0943. The molecule has 1 heterocycles. The number of likely N-dealkylation sites (N-methyl/N-ethyl adjacent to an activating group) is 1.